The third kappa shape index (κ3) is 5.54. The topological polar surface area (TPSA) is 117 Å². The van der Waals surface area contributed by atoms with Gasteiger partial charge in [0.25, 0.3) is 5.91 Å². The number of ether oxygens (including phenoxy) is 4. The van der Waals surface area contributed by atoms with Crippen molar-refractivity contribution < 1.29 is 38.1 Å². The lowest BCUT2D eigenvalue weighted by Gasteiger charge is -2.07. The number of anilines is 1. The molecule has 138 valence electrons. The number of amides is 1. The van der Waals surface area contributed by atoms with Crippen LogP contribution in [0.1, 0.15) is 32.5 Å². The monoisotopic (exact) mass is 373 g/mol. The molecule has 1 aromatic rings. The maximum atomic E-state index is 11.9. The lowest BCUT2D eigenvalue weighted by atomic mass is 10.1. The van der Waals surface area contributed by atoms with E-state index in [1.807, 2.05) is 0 Å². The highest BCUT2D eigenvalue weighted by molar-refractivity contribution is 7.18. The number of hydrogen-bond acceptors (Lipinski definition) is 9. The number of thiophene rings is 1. The summed E-state index contributed by atoms with van der Waals surface area (Å²) >= 11 is 0.866. The molecule has 0 radical (unpaired) electrons. The van der Waals surface area contributed by atoms with Crippen molar-refractivity contribution in [3.63, 3.8) is 0 Å². The average molecular weight is 373 g/mol. The molecular weight excluding hydrogens is 354 g/mol. The van der Waals surface area contributed by atoms with Crippen LogP contribution in [-0.4, -0.2) is 57.9 Å². The van der Waals surface area contributed by atoms with Crippen LogP contribution in [0.3, 0.4) is 0 Å². The summed E-state index contributed by atoms with van der Waals surface area (Å²) in [5.74, 6) is -2.72. The van der Waals surface area contributed by atoms with E-state index in [-0.39, 0.29) is 22.0 Å². The van der Waals surface area contributed by atoms with Gasteiger partial charge in [0.2, 0.25) is 0 Å². The molecule has 0 aliphatic carbocycles. The maximum Gasteiger partial charge on any atom is 0.348 e. The van der Waals surface area contributed by atoms with E-state index in [0.29, 0.717) is 12.2 Å². The third-order valence-corrected chi connectivity index (χ3v) is 4.14. The van der Waals surface area contributed by atoms with Crippen LogP contribution in [0.4, 0.5) is 5.00 Å². The summed E-state index contributed by atoms with van der Waals surface area (Å²) in [6.45, 7) is 2.77. The van der Waals surface area contributed by atoms with Crippen molar-refractivity contribution in [2.75, 3.05) is 39.4 Å². The Bertz CT molecular complexity index is 667. The van der Waals surface area contributed by atoms with Gasteiger partial charge in [-0.3, -0.25) is 4.79 Å². The second-order valence-corrected chi connectivity index (χ2v) is 5.61. The van der Waals surface area contributed by atoms with Gasteiger partial charge in [-0.1, -0.05) is 0 Å². The van der Waals surface area contributed by atoms with Gasteiger partial charge in [0.05, 0.1) is 19.8 Å². The van der Waals surface area contributed by atoms with Gasteiger partial charge in [0.1, 0.15) is 16.5 Å². The molecule has 1 rings (SSSR count). The fraction of sp³-hybridized carbons (Fsp3) is 0.467. The zero-order valence-corrected chi connectivity index (χ0v) is 15.1. The Labute approximate surface area is 148 Å². The van der Waals surface area contributed by atoms with Gasteiger partial charge >= 0.3 is 17.9 Å². The Balaban J connectivity index is 2.89. The average Bonchev–Trinajstić information content (AvgIpc) is 2.92. The van der Waals surface area contributed by atoms with Crippen LogP contribution in [0.15, 0.2) is 0 Å². The Kier molecular flexibility index (Phi) is 8.02. The molecule has 1 amide bonds. The maximum absolute atomic E-state index is 11.9. The van der Waals surface area contributed by atoms with Crippen molar-refractivity contribution in [3.8, 4) is 0 Å². The molecule has 1 N–H and O–H groups in total. The molecule has 1 aromatic heterocycles. The molecule has 0 bridgehead atoms. The second-order valence-electron chi connectivity index (χ2n) is 4.59. The Morgan fingerprint density at radius 1 is 1.04 bits per heavy atom. The number of carbonyl (C=O) groups excluding carboxylic acids is 4. The first-order chi connectivity index (χ1) is 11.8. The Morgan fingerprint density at radius 3 is 2.24 bits per heavy atom. The molecule has 0 spiro atoms. The molecule has 0 aromatic carbocycles. The highest BCUT2D eigenvalue weighted by Gasteiger charge is 2.26. The minimum absolute atomic E-state index is 0.0434. The zero-order valence-electron chi connectivity index (χ0n) is 14.3. The van der Waals surface area contributed by atoms with Gasteiger partial charge in [0, 0.05) is 6.61 Å². The van der Waals surface area contributed by atoms with E-state index in [4.69, 9.17) is 9.47 Å². The van der Waals surface area contributed by atoms with Crippen molar-refractivity contribution in [2.45, 2.75) is 13.8 Å². The van der Waals surface area contributed by atoms with Crippen molar-refractivity contribution in [1.82, 2.24) is 0 Å². The van der Waals surface area contributed by atoms with Crippen molar-refractivity contribution in [2.24, 2.45) is 0 Å². The van der Waals surface area contributed by atoms with Gasteiger partial charge < -0.3 is 24.3 Å². The van der Waals surface area contributed by atoms with Crippen molar-refractivity contribution >= 4 is 40.2 Å². The molecule has 9 nitrogen and oxygen atoms in total. The number of methoxy groups -OCH3 is 2. The van der Waals surface area contributed by atoms with Gasteiger partial charge in [0.15, 0.2) is 6.61 Å². The van der Waals surface area contributed by atoms with Crippen molar-refractivity contribution in [3.05, 3.63) is 16.0 Å². The van der Waals surface area contributed by atoms with E-state index in [2.05, 4.69) is 14.8 Å². The van der Waals surface area contributed by atoms with E-state index in [0.717, 1.165) is 11.3 Å². The van der Waals surface area contributed by atoms with E-state index >= 15 is 0 Å². The predicted octanol–water partition coefficient (Wildman–Crippen LogP) is 1.15. The summed E-state index contributed by atoms with van der Waals surface area (Å²) in [5, 5.41) is 2.54. The molecule has 0 fully saturated rings. The molecule has 0 saturated carbocycles. The van der Waals surface area contributed by atoms with Gasteiger partial charge in [-0.05, 0) is 19.4 Å². The van der Waals surface area contributed by atoms with Gasteiger partial charge in [-0.25, -0.2) is 14.4 Å². The highest BCUT2D eigenvalue weighted by atomic mass is 32.1. The first-order valence-corrected chi connectivity index (χ1v) is 8.00. The normalized spacial score (nSPS) is 10.1. The lowest BCUT2D eigenvalue weighted by molar-refractivity contribution is -0.151. The second kappa shape index (κ2) is 9.74. The summed E-state index contributed by atoms with van der Waals surface area (Å²) in [6.07, 6.45) is 0. The fourth-order valence-electron chi connectivity index (χ4n) is 1.77. The van der Waals surface area contributed by atoms with Crippen LogP contribution in [0.2, 0.25) is 0 Å². The number of hydrogen-bond donors (Lipinski definition) is 1. The van der Waals surface area contributed by atoms with E-state index in [9.17, 15) is 19.2 Å². The molecule has 0 unspecified atom stereocenters. The van der Waals surface area contributed by atoms with Crippen LogP contribution in [0.5, 0.6) is 0 Å². The molecule has 0 atom stereocenters. The van der Waals surface area contributed by atoms with Crippen LogP contribution in [-0.2, 0) is 28.5 Å². The summed E-state index contributed by atoms with van der Waals surface area (Å²) < 4.78 is 18.9. The summed E-state index contributed by atoms with van der Waals surface area (Å²) in [6, 6.07) is 0. The summed E-state index contributed by atoms with van der Waals surface area (Å²) in [7, 11) is 2.38. The molecular formula is C15H19NO8S. The smallest absolute Gasteiger partial charge is 0.348 e. The molecule has 0 aliphatic heterocycles. The Hall–Kier alpha value is -2.46. The molecule has 0 aliphatic rings. The first-order valence-electron chi connectivity index (χ1n) is 7.18. The quantitative estimate of drug-likeness (QED) is 0.533. The minimum Gasteiger partial charge on any atom is -0.465 e. The van der Waals surface area contributed by atoms with E-state index in [1.54, 1.807) is 6.92 Å². The molecule has 1 heterocycles. The van der Waals surface area contributed by atoms with Crippen LogP contribution < -0.4 is 5.32 Å². The van der Waals surface area contributed by atoms with Crippen LogP contribution >= 0.6 is 11.3 Å². The predicted molar refractivity (Wildman–Crippen MR) is 87.8 cm³/mol. The first kappa shape index (κ1) is 20.6. The summed E-state index contributed by atoms with van der Waals surface area (Å²) in [5.41, 5.74) is 0.370. The SMILES string of the molecule is CCOCC(=O)OCC(=O)Nc1sc(C(=O)OC)c(C)c1C(=O)OC. The lowest BCUT2D eigenvalue weighted by Crippen LogP contribution is -2.23. The fourth-order valence-corrected chi connectivity index (χ4v) is 2.90. The Morgan fingerprint density at radius 2 is 1.68 bits per heavy atom. The highest BCUT2D eigenvalue weighted by Crippen LogP contribution is 2.34. The van der Waals surface area contributed by atoms with E-state index in [1.165, 1.54) is 21.1 Å². The van der Waals surface area contributed by atoms with Gasteiger partial charge in [-0.2, -0.15) is 0 Å². The van der Waals surface area contributed by atoms with Crippen LogP contribution in [0.25, 0.3) is 0 Å². The van der Waals surface area contributed by atoms with Crippen LogP contribution in [0, 0.1) is 6.92 Å². The minimum atomic E-state index is -0.715. The third-order valence-electron chi connectivity index (χ3n) is 2.95. The standard InChI is InChI=1S/C15H19NO8S/c1-5-23-7-10(18)24-6-9(17)16-13-11(14(19)21-3)8(2)12(25-13)15(20)22-4/h5-7H2,1-4H3,(H,16,17). The largest absolute Gasteiger partial charge is 0.465 e. The number of nitrogens with one attached hydrogen (secondary N) is 1. The molecule has 25 heavy (non-hydrogen) atoms. The van der Waals surface area contributed by atoms with Gasteiger partial charge in [-0.15, -0.1) is 11.3 Å². The molecule has 0 saturated heterocycles. The number of rotatable bonds is 8. The van der Waals surface area contributed by atoms with Crippen molar-refractivity contribution in [1.29, 1.82) is 0 Å². The van der Waals surface area contributed by atoms with E-state index < -0.39 is 30.4 Å². The molecule has 10 heteroatoms. The number of carbonyl (C=O) groups is 4. The zero-order chi connectivity index (χ0) is 19.0. The summed E-state index contributed by atoms with van der Waals surface area (Å²) in [4.78, 5) is 47.1. The number of esters is 3.